The number of rotatable bonds is 7. The molecule has 5 heteroatoms. The van der Waals surface area contributed by atoms with Gasteiger partial charge >= 0.3 is 0 Å². The molecule has 0 radical (unpaired) electrons. The van der Waals surface area contributed by atoms with Crippen LogP contribution in [-0.4, -0.2) is 24.5 Å². The van der Waals surface area contributed by atoms with Gasteiger partial charge in [-0.3, -0.25) is 9.59 Å². The Bertz CT molecular complexity index is 726. The molecule has 0 bridgehead atoms. The number of carbonyl (C=O) groups is 2. The molecule has 0 spiro atoms. The third-order valence-electron chi connectivity index (χ3n) is 3.83. The largest absolute Gasteiger partial charge is 0.492 e. The third kappa shape index (κ3) is 5.08. The highest BCUT2D eigenvalue weighted by molar-refractivity contribution is 6.05. The lowest BCUT2D eigenvalue weighted by molar-refractivity contribution is 0.0937. The molecule has 0 saturated heterocycles. The number of hydrogen-bond acceptors (Lipinski definition) is 3. The first-order chi connectivity index (χ1) is 12.0. The second-order valence-corrected chi connectivity index (χ2v) is 5.74. The third-order valence-corrected chi connectivity index (χ3v) is 3.83. The summed E-state index contributed by atoms with van der Waals surface area (Å²) >= 11 is 0. The van der Waals surface area contributed by atoms with Gasteiger partial charge in [0, 0.05) is 17.2 Å². The second kappa shape index (κ2) is 8.87. The van der Waals surface area contributed by atoms with Gasteiger partial charge in [0.25, 0.3) is 11.8 Å². The quantitative estimate of drug-likeness (QED) is 0.804. The van der Waals surface area contributed by atoms with Gasteiger partial charge in [-0.2, -0.15) is 0 Å². The van der Waals surface area contributed by atoms with Crippen LogP contribution in [0, 0.1) is 0 Å². The van der Waals surface area contributed by atoms with Crippen molar-refractivity contribution in [2.45, 2.75) is 33.2 Å². The SMILES string of the molecule is CCOc1ccccc1NC(=O)c1ccc(C(=O)NC(C)CC)cc1. The molecule has 0 aliphatic heterocycles. The number of nitrogens with one attached hydrogen (secondary N) is 2. The van der Waals surface area contributed by atoms with Gasteiger partial charge in [-0.1, -0.05) is 19.1 Å². The fourth-order valence-corrected chi connectivity index (χ4v) is 2.23. The van der Waals surface area contributed by atoms with Crippen molar-refractivity contribution in [3.8, 4) is 5.75 Å². The van der Waals surface area contributed by atoms with Crippen molar-refractivity contribution in [2.24, 2.45) is 0 Å². The number of carbonyl (C=O) groups excluding carboxylic acids is 2. The van der Waals surface area contributed by atoms with Gasteiger partial charge in [0.1, 0.15) is 5.75 Å². The van der Waals surface area contributed by atoms with E-state index in [4.69, 9.17) is 4.74 Å². The number of anilines is 1. The van der Waals surface area contributed by atoms with E-state index >= 15 is 0 Å². The van der Waals surface area contributed by atoms with Gasteiger partial charge in [-0.25, -0.2) is 0 Å². The van der Waals surface area contributed by atoms with Crippen molar-refractivity contribution in [1.82, 2.24) is 5.32 Å². The van der Waals surface area contributed by atoms with Crippen molar-refractivity contribution >= 4 is 17.5 Å². The van der Waals surface area contributed by atoms with Crippen molar-refractivity contribution < 1.29 is 14.3 Å². The average Bonchev–Trinajstić information content (AvgIpc) is 2.63. The van der Waals surface area contributed by atoms with Crippen LogP contribution in [0.1, 0.15) is 47.9 Å². The number of ether oxygens (including phenoxy) is 1. The highest BCUT2D eigenvalue weighted by Gasteiger charge is 2.12. The molecule has 132 valence electrons. The molecule has 0 fully saturated rings. The average molecular weight is 340 g/mol. The van der Waals surface area contributed by atoms with E-state index in [0.717, 1.165) is 6.42 Å². The lowest BCUT2D eigenvalue weighted by Crippen LogP contribution is -2.31. The highest BCUT2D eigenvalue weighted by Crippen LogP contribution is 2.24. The molecule has 0 saturated carbocycles. The van der Waals surface area contributed by atoms with Crippen molar-refractivity contribution in [1.29, 1.82) is 0 Å². The van der Waals surface area contributed by atoms with Gasteiger partial charge in [0.05, 0.1) is 12.3 Å². The Kier molecular flexibility index (Phi) is 6.57. The van der Waals surface area contributed by atoms with Crippen LogP contribution < -0.4 is 15.4 Å². The molecule has 25 heavy (non-hydrogen) atoms. The molecule has 2 amide bonds. The summed E-state index contributed by atoms with van der Waals surface area (Å²) in [5, 5.41) is 5.74. The topological polar surface area (TPSA) is 67.4 Å². The predicted octanol–water partition coefficient (Wildman–Crippen LogP) is 3.87. The Morgan fingerprint density at radius 1 is 0.960 bits per heavy atom. The lowest BCUT2D eigenvalue weighted by atomic mass is 10.1. The van der Waals surface area contributed by atoms with Crippen LogP contribution >= 0.6 is 0 Å². The summed E-state index contributed by atoms with van der Waals surface area (Å²) in [6, 6.07) is 14.0. The zero-order chi connectivity index (χ0) is 18.2. The van der Waals surface area contributed by atoms with Gasteiger partial charge in [0.2, 0.25) is 0 Å². The van der Waals surface area contributed by atoms with Crippen LogP contribution in [0.25, 0.3) is 0 Å². The standard InChI is InChI=1S/C20H24N2O3/c1-4-14(3)21-19(23)15-10-12-16(13-11-15)20(24)22-17-8-6-7-9-18(17)25-5-2/h6-14H,4-5H2,1-3H3,(H,21,23)(H,22,24). The smallest absolute Gasteiger partial charge is 0.255 e. The van der Waals surface area contributed by atoms with Gasteiger partial charge in [-0.05, 0) is 56.7 Å². The van der Waals surface area contributed by atoms with Crippen LogP contribution in [0.5, 0.6) is 5.75 Å². The Hall–Kier alpha value is -2.82. The van der Waals surface area contributed by atoms with Crippen LogP contribution in [0.4, 0.5) is 5.69 Å². The summed E-state index contributed by atoms with van der Waals surface area (Å²) in [6.45, 7) is 6.38. The van der Waals surface area contributed by atoms with Crippen LogP contribution in [-0.2, 0) is 0 Å². The minimum atomic E-state index is -0.249. The summed E-state index contributed by atoms with van der Waals surface area (Å²) in [5.41, 5.74) is 1.63. The van der Waals surface area contributed by atoms with E-state index in [1.165, 1.54) is 0 Å². The van der Waals surface area contributed by atoms with E-state index in [1.807, 2.05) is 32.9 Å². The molecule has 0 aliphatic rings. The van der Waals surface area contributed by atoms with Crippen LogP contribution in [0.3, 0.4) is 0 Å². The Labute approximate surface area is 148 Å². The highest BCUT2D eigenvalue weighted by atomic mass is 16.5. The number of amides is 2. The van der Waals surface area contributed by atoms with Gasteiger partial charge in [-0.15, -0.1) is 0 Å². The fourth-order valence-electron chi connectivity index (χ4n) is 2.23. The summed E-state index contributed by atoms with van der Waals surface area (Å²) in [5.74, 6) is 0.243. The van der Waals surface area contributed by atoms with E-state index < -0.39 is 0 Å². The maximum Gasteiger partial charge on any atom is 0.255 e. The Balaban J connectivity index is 2.07. The summed E-state index contributed by atoms with van der Waals surface area (Å²) in [7, 11) is 0. The Morgan fingerprint density at radius 3 is 2.16 bits per heavy atom. The molecule has 5 nitrogen and oxygen atoms in total. The normalized spacial score (nSPS) is 11.5. The minimum Gasteiger partial charge on any atom is -0.492 e. The number of benzene rings is 2. The molecular formula is C20H24N2O3. The summed E-state index contributed by atoms with van der Waals surface area (Å²) in [6.07, 6.45) is 0.867. The first-order valence-corrected chi connectivity index (χ1v) is 8.49. The van der Waals surface area contributed by atoms with Crippen molar-refractivity contribution in [3.63, 3.8) is 0 Å². The molecule has 2 aromatic rings. The summed E-state index contributed by atoms with van der Waals surface area (Å²) < 4.78 is 5.50. The van der Waals surface area contributed by atoms with Gasteiger partial charge < -0.3 is 15.4 Å². The van der Waals surface area contributed by atoms with Crippen molar-refractivity contribution in [3.05, 3.63) is 59.7 Å². The Morgan fingerprint density at radius 2 is 1.56 bits per heavy atom. The van der Waals surface area contributed by atoms with Gasteiger partial charge in [0.15, 0.2) is 0 Å². The second-order valence-electron chi connectivity index (χ2n) is 5.74. The van der Waals surface area contributed by atoms with E-state index in [9.17, 15) is 9.59 Å². The van der Waals surface area contributed by atoms with E-state index in [2.05, 4.69) is 10.6 Å². The molecule has 2 aromatic carbocycles. The maximum atomic E-state index is 12.4. The molecule has 1 atom stereocenters. The lowest BCUT2D eigenvalue weighted by Gasteiger charge is -2.12. The minimum absolute atomic E-state index is 0.116. The first-order valence-electron chi connectivity index (χ1n) is 8.49. The van der Waals surface area contributed by atoms with Crippen LogP contribution in [0.2, 0.25) is 0 Å². The number of para-hydroxylation sites is 2. The molecule has 0 aromatic heterocycles. The molecule has 0 aliphatic carbocycles. The monoisotopic (exact) mass is 340 g/mol. The van der Waals surface area contributed by atoms with E-state index in [-0.39, 0.29) is 17.9 Å². The zero-order valence-electron chi connectivity index (χ0n) is 14.8. The van der Waals surface area contributed by atoms with Crippen LogP contribution in [0.15, 0.2) is 48.5 Å². The maximum absolute atomic E-state index is 12.4. The van der Waals surface area contributed by atoms with E-state index in [1.54, 1.807) is 36.4 Å². The fraction of sp³-hybridized carbons (Fsp3) is 0.300. The molecular weight excluding hydrogens is 316 g/mol. The first kappa shape index (κ1) is 18.5. The molecule has 1 unspecified atom stereocenters. The summed E-state index contributed by atoms with van der Waals surface area (Å²) in [4.78, 5) is 24.5. The van der Waals surface area contributed by atoms with E-state index in [0.29, 0.717) is 29.2 Å². The number of hydrogen-bond donors (Lipinski definition) is 2. The predicted molar refractivity (Wildman–Crippen MR) is 99.2 cm³/mol. The molecule has 0 heterocycles. The molecule has 2 rings (SSSR count). The van der Waals surface area contributed by atoms with Crippen molar-refractivity contribution in [2.75, 3.05) is 11.9 Å². The molecule has 2 N–H and O–H groups in total. The zero-order valence-corrected chi connectivity index (χ0v) is 14.8.